The summed E-state index contributed by atoms with van der Waals surface area (Å²) in [5.74, 6) is 0.797. The van der Waals surface area contributed by atoms with E-state index in [0.717, 1.165) is 5.56 Å². The van der Waals surface area contributed by atoms with Gasteiger partial charge in [-0.25, -0.2) is 18.4 Å². The second kappa shape index (κ2) is 8.53. The molecule has 1 heterocycles. The number of rotatable bonds is 6. The summed E-state index contributed by atoms with van der Waals surface area (Å²) in [5.41, 5.74) is 2.63. The number of nitrogens with zero attached hydrogens (tertiary/aromatic N) is 3. The first-order valence-corrected chi connectivity index (χ1v) is 11.1. The van der Waals surface area contributed by atoms with E-state index in [1.165, 1.54) is 12.1 Å². The quantitative estimate of drug-likeness (QED) is 0.453. The Kier molecular flexibility index (Phi) is 5.62. The Labute approximate surface area is 185 Å². The SMILES string of the molecule is COc1ccc(C)c(Nc2nc3c(C#N)cccc3nc2NS(=O)(=O)c2ccccc2)c1. The molecule has 0 amide bonds. The number of benzene rings is 3. The molecule has 4 aromatic rings. The number of methoxy groups -OCH3 is 1. The van der Waals surface area contributed by atoms with Crippen LogP contribution in [0.3, 0.4) is 0 Å². The molecular formula is C23H19N5O3S. The monoisotopic (exact) mass is 445 g/mol. The van der Waals surface area contributed by atoms with Gasteiger partial charge in [-0.3, -0.25) is 4.72 Å². The van der Waals surface area contributed by atoms with Crippen molar-refractivity contribution in [3.05, 3.63) is 77.9 Å². The molecule has 0 saturated carbocycles. The zero-order valence-corrected chi connectivity index (χ0v) is 18.1. The van der Waals surface area contributed by atoms with E-state index in [4.69, 9.17) is 4.74 Å². The highest BCUT2D eigenvalue weighted by Crippen LogP contribution is 2.31. The van der Waals surface area contributed by atoms with E-state index in [0.29, 0.717) is 28.0 Å². The predicted molar refractivity (Wildman–Crippen MR) is 123 cm³/mol. The van der Waals surface area contributed by atoms with Crippen LogP contribution in [0.4, 0.5) is 17.3 Å². The molecular weight excluding hydrogens is 426 g/mol. The Morgan fingerprint density at radius 1 is 0.969 bits per heavy atom. The van der Waals surface area contributed by atoms with Crippen molar-refractivity contribution in [1.82, 2.24) is 9.97 Å². The van der Waals surface area contributed by atoms with Crippen LogP contribution in [-0.4, -0.2) is 25.5 Å². The number of ether oxygens (including phenoxy) is 1. The van der Waals surface area contributed by atoms with Crippen LogP contribution in [0.25, 0.3) is 11.0 Å². The number of hydrogen-bond donors (Lipinski definition) is 2. The van der Waals surface area contributed by atoms with Gasteiger partial charge in [0.25, 0.3) is 10.0 Å². The summed E-state index contributed by atoms with van der Waals surface area (Å²) in [5, 5.41) is 12.6. The molecule has 0 spiro atoms. The number of fused-ring (bicyclic) bond motifs is 1. The van der Waals surface area contributed by atoms with Gasteiger partial charge in [-0.05, 0) is 42.8 Å². The molecule has 0 aliphatic heterocycles. The molecule has 2 N–H and O–H groups in total. The Bertz CT molecular complexity index is 1450. The average Bonchev–Trinajstić information content (AvgIpc) is 2.80. The minimum absolute atomic E-state index is 0.0127. The van der Waals surface area contributed by atoms with Gasteiger partial charge in [-0.2, -0.15) is 5.26 Å². The summed E-state index contributed by atoms with van der Waals surface area (Å²) in [6.07, 6.45) is 0. The Hall–Kier alpha value is -4.16. The summed E-state index contributed by atoms with van der Waals surface area (Å²) in [7, 11) is -2.36. The van der Waals surface area contributed by atoms with Crippen LogP contribution in [0.5, 0.6) is 5.75 Å². The molecule has 0 bridgehead atoms. The molecule has 160 valence electrons. The predicted octanol–water partition coefficient (Wildman–Crippen LogP) is 4.36. The Balaban J connectivity index is 1.87. The summed E-state index contributed by atoms with van der Waals surface area (Å²) in [6.45, 7) is 1.89. The van der Waals surface area contributed by atoms with E-state index in [1.807, 2.05) is 19.1 Å². The minimum atomic E-state index is -3.92. The van der Waals surface area contributed by atoms with Gasteiger partial charge in [0.1, 0.15) is 17.3 Å². The fourth-order valence-corrected chi connectivity index (χ4v) is 4.13. The third-order valence-electron chi connectivity index (χ3n) is 4.80. The average molecular weight is 446 g/mol. The topological polar surface area (TPSA) is 117 Å². The van der Waals surface area contributed by atoms with Crippen LogP contribution in [0.15, 0.2) is 71.6 Å². The molecule has 0 aliphatic rings. The normalized spacial score (nSPS) is 11.0. The standard InChI is InChI=1S/C23H19N5O3S/c1-15-11-12-17(31-2)13-20(15)26-22-23(28-32(29,30)18-8-4-3-5-9-18)25-19-10-6-7-16(14-24)21(19)27-22/h3-13H,1-2H3,(H,25,28)(H,26,27). The summed E-state index contributed by atoms with van der Waals surface area (Å²) in [6, 6.07) is 20.5. The highest BCUT2D eigenvalue weighted by molar-refractivity contribution is 7.92. The first-order valence-electron chi connectivity index (χ1n) is 9.61. The van der Waals surface area contributed by atoms with Crippen LogP contribution in [0.1, 0.15) is 11.1 Å². The molecule has 8 nitrogen and oxygen atoms in total. The maximum atomic E-state index is 13.0. The van der Waals surface area contributed by atoms with E-state index in [-0.39, 0.29) is 16.5 Å². The van der Waals surface area contributed by atoms with E-state index in [9.17, 15) is 13.7 Å². The largest absolute Gasteiger partial charge is 0.497 e. The van der Waals surface area contributed by atoms with Gasteiger partial charge < -0.3 is 10.1 Å². The third-order valence-corrected chi connectivity index (χ3v) is 6.15. The van der Waals surface area contributed by atoms with Crippen LogP contribution in [0, 0.1) is 18.3 Å². The lowest BCUT2D eigenvalue weighted by molar-refractivity contribution is 0.415. The van der Waals surface area contributed by atoms with E-state index in [2.05, 4.69) is 26.1 Å². The number of aromatic nitrogens is 2. The lowest BCUT2D eigenvalue weighted by atomic mass is 10.2. The first-order chi connectivity index (χ1) is 15.4. The van der Waals surface area contributed by atoms with Crippen molar-refractivity contribution in [1.29, 1.82) is 5.26 Å². The van der Waals surface area contributed by atoms with Crippen molar-refractivity contribution in [2.45, 2.75) is 11.8 Å². The van der Waals surface area contributed by atoms with Crippen LogP contribution in [-0.2, 0) is 10.0 Å². The Morgan fingerprint density at radius 2 is 1.75 bits per heavy atom. The van der Waals surface area contributed by atoms with E-state index < -0.39 is 10.0 Å². The fraction of sp³-hybridized carbons (Fsp3) is 0.0870. The molecule has 0 saturated heterocycles. The smallest absolute Gasteiger partial charge is 0.263 e. The lowest BCUT2D eigenvalue weighted by Gasteiger charge is -2.16. The second-order valence-corrected chi connectivity index (χ2v) is 8.61. The van der Waals surface area contributed by atoms with Gasteiger partial charge in [0.05, 0.1) is 23.1 Å². The summed E-state index contributed by atoms with van der Waals surface area (Å²) in [4.78, 5) is 9.11. The zero-order chi connectivity index (χ0) is 22.7. The van der Waals surface area contributed by atoms with Crippen molar-refractivity contribution in [2.75, 3.05) is 17.1 Å². The highest BCUT2D eigenvalue weighted by Gasteiger charge is 2.20. The fourth-order valence-electron chi connectivity index (χ4n) is 3.10. The number of hydrogen-bond acceptors (Lipinski definition) is 7. The van der Waals surface area contributed by atoms with Crippen molar-refractivity contribution in [2.24, 2.45) is 0 Å². The molecule has 3 aromatic carbocycles. The number of anilines is 3. The van der Waals surface area contributed by atoms with Gasteiger partial charge in [0, 0.05) is 11.8 Å². The van der Waals surface area contributed by atoms with E-state index >= 15 is 0 Å². The number of sulfonamides is 1. The number of nitrogens with one attached hydrogen (secondary N) is 2. The molecule has 4 rings (SSSR count). The third kappa shape index (κ3) is 4.17. The van der Waals surface area contributed by atoms with Gasteiger partial charge in [0.2, 0.25) is 0 Å². The van der Waals surface area contributed by atoms with E-state index in [1.54, 1.807) is 49.6 Å². The summed E-state index contributed by atoms with van der Waals surface area (Å²) >= 11 is 0. The summed E-state index contributed by atoms with van der Waals surface area (Å²) < 4.78 is 33.7. The first kappa shape index (κ1) is 21.1. The van der Waals surface area contributed by atoms with Gasteiger partial charge in [-0.1, -0.05) is 30.3 Å². The van der Waals surface area contributed by atoms with Crippen molar-refractivity contribution < 1.29 is 13.2 Å². The molecule has 0 aliphatic carbocycles. The lowest BCUT2D eigenvalue weighted by Crippen LogP contribution is -2.16. The Morgan fingerprint density at radius 3 is 2.47 bits per heavy atom. The molecule has 9 heteroatoms. The van der Waals surface area contributed by atoms with Crippen molar-refractivity contribution >= 4 is 38.4 Å². The number of aryl methyl sites for hydroxylation is 1. The van der Waals surface area contributed by atoms with Crippen molar-refractivity contribution in [3.8, 4) is 11.8 Å². The molecule has 0 unspecified atom stereocenters. The minimum Gasteiger partial charge on any atom is -0.497 e. The van der Waals surface area contributed by atoms with Crippen LogP contribution in [0.2, 0.25) is 0 Å². The molecule has 1 aromatic heterocycles. The highest BCUT2D eigenvalue weighted by atomic mass is 32.2. The maximum Gasteiger partial charge on any atom is 0.263 e. The van der Waals surface area contributed by atoms with Crippen LogP contribution < -0.4 is 14.8 Å². The number of nitriles is 1. The van der Waals surface area contributed by atoms with Crippen LogP contribution >= 0.6 is 0 Å². The molecule has 0 radical (unpaired) electrons. The van der Waals surface area contributed by atoms with Crippen molar-refractivity contribution in [3.63, 3.8) is 0 Å². The van der Waals surface area contributed by atoms with Gasteiger partial charge in [-0.15, -0.1) is 0 Å². The zero-order valence-electron chi connectivity index (χ0n) is 17.3. The molecule has 0 fully saturated rings. The van der Waals surface area contributed by atoms with Gasteiger partial charge >= 0.3 is 0 Å². The number of para-hydroxylation sites is 1. The second-order valence-electron chi connectivity index (χ2n) is 6.93. The van der Waals surface area contributed by atoms with Gasteiger partial charge in [0.15, 0.2) is 11.6 Å². The maximum absolute atomic E-state index is 13.0. The molecule has 0 atom stereocenters. The molecule has 32 heavy (non-hydrogen) atoms.